The third-order valence-electron chi connectivity index (χ3n) is 4.34. The molecule has 9 heteroatoms. The van der Waals surface area contributed by atoms with Gasteiger partial charge in [-0.2, -0.15) is 5.10 Å². The van der Waals surface area contributed by atoms with Gasteiger partial charge in [0.2, 0.25) is 5.91 Å². The maximum Gasteiger partial charge on any atom is 0.323 e. The molecule has 2 amide bonds. The van der Waals surface area contributed by atoms with E-state index in [0.29, 0.717) is 25.3 Å². The van der Waals surface area contributed by atoms with Crippen LogP contribution in [0.5, 0.6) is 0 Å². The Balaban J connectivity index is 1.55. The Labute approximate surface area is 144 Å². The van der Waals surface area contributed by atoms with Crippen molar-refractivity contribution in [3.8, 4) is 0 Å². The zero-order valence-electron chi connectivity index (χ0n) is 14.1. The number of rotatable bonds is 5. The monoisotopic (exact) mass is 346 g/mol. The maximum absolute atomic E-state index is 12.4. The number of carbonyl (C=O) groups excluding carboxylic acids is 2. The average molecular weight is 346 g/mol. The van der Waals surface area contributed by atoms with Crippen LogP contribution in [0.15, 0.2) is 23.3 Å². The van der Waals surface area contributed by atoms with Crippen molar-refractivity contribution in [2.75, 3.05) is 18.4 Å². The van der Waals surface area contributed by atoms with Gasteiger partial charge >= 0.3 is 5.69 Å². The lowest BCUT2D eigenvalue weighted by molar-refractivity contribution is -0.117. The molecule has 0 aromatic carbocycles. The Morgan fingerprint density at radius 2 is 2.28 bits per heavy atom. The lowest BCUT2D eigenvalue weighted by Gasteiger charge is -2.32. The van der Waals surface area contributed by atoms with Crippen molar-refractivity contribution in [2.45, 2.75) is 32.7 Å². The number of carbonyl (C=O) groups is 2. The van der Waals surface area contributed by atoms with E-state index >= 15 is 0 Å². The second-order valence-electron chi connectivity index (χ2n) is 6.22. The Bertz CT molecular complexity index is 805. The van der Waals surface area contributed by atoms with Gasteiger partial charge in [-0.15, -0.1) is 0 Å². The molecule has 3 rings (SSSR count). The van der Waals surface area contributed by atoms with Crippen LogP contribution in [0, 0.1) is 5.92 Å². The Morgan fingerprint density at radius 3 is 2.96 bits per heavy atom. The summed E-state index contributed by atoms with van der Waals surface area (Å²) >= 11 is 0. The number of likely N-dealkylation sites (tertiary alicyclic amines) is 1. The minimum absolute atomic E-state index is 0.0941. The highest BCUT2D eigenvalue weighted by Gasteiger charge is 2.27. The first-order chi connectivity index (χ1) is 12.0. The number of nitrogens with zero attached hydrogens (tertiary/aromatic N) is 3. The van der Waals surface area contributed by atoms with E-state index in [1.165, 1.54) is 6.20 Å². The molecule has 9 nitrogen and oxygen atoms in total. The topological polar surface area (TPSA) is 116 Å². The van der Waals surface area contributed by atoms with Gasteiger partial charge < -0.3 is 20.2 Å². The minimum atomic E-state index is -0.400. The van der Waals surface area contributed by atoms with Crippen molar-refractivity contribution < 1.29 is 9.59 Å². The first-order valence-corrected chi connectivity index (χ1v) is 8.45. The zero-order chi connectivity index (χ0) is 17.8. The second kappa shape index (κ2) is 7.37. The molecular formula is C16H22N6O3. The van der Waals surface area contributed by atoms with E-state index in [2.05, 4.69) is 20.4 Å². The van der Waals surface area contributed by atoms with Gasteiger partial charge in [-0.3, -0.25) is 14.3 Å². The number of aromatic amines is 2. The summed E-state index contributed by atoms with van der Waals surface area (Å²) in [6.07, 6.45) is 5.26. The van der Waals surface area contributed by atoms with Gasteiger partial charge in [0, 0.05) is 44.5 Å². The highest BCUT2D eigenvalue weighted by Crippen LogP contribution is 2.21. The molecule has 134 valence electrons. The van der Waals surface area contributed by atoms with Crippen molar-refractivity contribution >= 4 is 17.6 Å². The Kier molecular flexibility index (Phi) is 5.01. The van der Waals surface area contributed by atoms with E-state index < -0.39 is 5.69 Å². The number of piperidine rings is 1. The smallest absolute Gasteiger partial charge is 0.323 e. The van der Waals surface area contributed by atoms with Gasteiger partial charge in [0.1, 0.15) is 5.69 Å². The van der Waals surface area contributed by atoms with Crippen molar-refractivity contribution in [1.82, 2.24) is 24.6 Å². The van der Waals surface area contributed by atoms with Crippen molar-refractivity contribution in [3.05, 3.63) is 34.6 Å². The van der Waals surface area contributed by atoms with Gasteiger partial charge in [0.25, 0.3) is 5.91 Å². The van der Waals surface area contributed by atoms with Crippen LogP contribution in [0.1, 0.15) is 36.7 Å². The van der Waals surface area contributed by atoms with Crippen LogP contribution >= 0.6 is 0 Å². The molecule has 3 heterocycles. The summed E-state index contributed by atoms with van der Waals surface area (Å²) in [6, 6.07) is 1.76. The summed E-state index contributed by atoms with van der Waals surface area (Å²) < 4.78 is 1.74. The Hall–Kier alpha value is -2.84. The summed E-state index contributed by atoms with van der Waals surface area (Å²) in [4.78, 5) is 42.3. The number of anilines is 1. The summed E-state index contributed by atoms with van der Waals surface area (Å²) in [5.74, 6) is 0.318. The lowest BCUT2D eigenvalue weighted by Crippen LogP contribution is -2.41. The lowest BCUT2D eigenvalue weighted by atomic mass is 9.94. The number of hydrogen-bond acceptors (Lipinski definition) is 4. The maximum atomic E-state index is 12.4. The van der Waals surface area contributed by atoms with Crippen LogP contribution in [0.25, 0.3) is 0 Å². The van der Waals surface area contributed by atoms with E-state index in [4.69, 9.17) is 0 Å². The SMILES string of the molecule is CCn1ccc(NC(=O)C[C@H]2CCCN(C(=O)c3c[nH]c(=O)[nH]3)C2)n1. The summed E-state index contributed by atoms with van der Waals surface area (Å²) in [5, 5.41) is 7.03. The van der Waals surface area contributed by atoms with Gasteiger partial charge in [-0.05, 0) is 25.7 Å². The molecule has 1 saturated heterocycles. The molecule has 0 aliphatic carbocycles. The van der Waals surface area contributed by atoms with Gasteiger partial charge in [0.15, 0.2) is 5.82 Å². The number of nitrogens with one attached hydrogen (secondary N) is 3. The molecule has 0 unspecified atom stereocenters. The molecule has 0 radical (unpaired) electrons. The van der Waals surface area contributed by atoms with Crippen LogP contribution in [-0.2, 0) is 11.3 Å². The molecule has 2 aromatic rings. The van der Waals surface area contributed by atoms with Crippen LogP contribution in [0.4, 0.5) is 5.82 Å². The molecule has 2 aromatic heterocycles. The first-order valence-electron chi connectivity index (χ1n) is 8.45. The molecule has 1 aliphatic rings. The third kappa shape index (κ3) is 4.17. The van der Waals surface area contributed by atoms with Crippen LogP contribution in [0.3, 0.4) is 0 Å². The van der Waals surface area contributed by atoms with Crippen molar-refractivity contribution in [2.24, 2.45) is 5.92 Å². The molecule has 1 atom stereocenters. The standard InChI is InChI=1S/C16H22N6O3/c1-2-22-7-5-13(20-22)19-14(23)8-11-4-3-6-21(10-11)15(24)12-9-17-16(25)18-12/h5,7,9,11H,2-4,6,8,10H2,1H3,(H2,17,18,25)(H,19,20,23)/t11-/m1/s1. The predicted octanol–water partition coefficient (Wildman–Crippen LogP) is 0.800. The van der Waals surface area contributed by atoms with Crippen molar-refractivity contribution in [3.63, 3.8) is 0 Å². The molecule has 0 bridgehead atoms. The Morgan fingerprint density at radius 1 is 1.44 bits per heavy atom. The quantitative estimate of drug-likeness (QED) is 0.742. The number of aryl methyl sites for hydroxylation is 1. The van der Waals surface area contributed by atoms with Crippen LogP contribution < -0.4 is 11.0 Å². The van der Waals surface area contributed by atoms with Crippen LogP contribution in [-0.4, -0.2) is 49.6 Å². The average Bonchev–Trinajstić information content (AvgIpc) is 3.23. The van der Waals surface area contributed by atoms with Gasteiger partial charge in [0.05, 0.1) is 0 Å². The second-order valence-corrected chi connectivity index (χ2v) is 6.22. The first kappa shape index (κ1) is 17.0. The molecular weight excluding hydrogens is 324 g/mol. The number of hydrogen-bond donors (Lipinski definition) is 3. The largest absolute Gasteiger partial charge is 0.337 e. The number of imidazole rings is 1. The number of H-pyrrole nitrogens is 2. The molecule has 1 fully saturated rings. The molecule has 3 N–H and O–H groups in total. The van der Waals surface area contributed by atoms with Gasteiger partial charge in [-0.1, -0.05) is 0 Å². The van der Waals surface area contributed by atoms with E-state index in [0.717, 1.165) is 19.4 Å². The van der Waals surface area contributed by atoms with E-state index in [9.17, 15) is 14.4 Å². The van der Waals surface area contributed by atoms with Gasteiger partial charge in [-0.25, -0.2) is 4.79 Å². The van der Waals surface area contributed by atoms with Crippen molar-refractivity contribution in [1.29, 1.82) is 0 Å². The van der Waals surface area contributed by atoms with Crippen LogP contribution in [0.2, 0.25) is 0 Å². The third-order valence-corrected chi connectivity index (χ3v) is 4.34. The fourth-order valence-electron chi connectivity index (χ4n) is 3.09. The minimum Gasteiger partial charge on any atom is -0.337 e. The van der Waals surface area contributed by atoms with E-state index in [-0.39, 0.29) is 23.4 Å². The number of amides is 2. The molecule has 1 aliphatic heterocycles. The fraction of sp³-hybridized carbons (Fsp3) is 0.500. The molecule has 25 heavy (non-hydrogen) atoms. The van der Waals surface area contributed by atoms with E-state index in [1.807, 2.05) is 13.1 Å². The number of aromatic nitrogens is 4. The molecule has 0 saturated carbocycles. The highest BCUT2D eigenvalue weighted by atomic mass is 16.2. The zero-order valence-corrected chi connectivity index (χ0v) is 14.1. The fourth-order valence-corrected chi connectivity index (χ4v) is 3.09. The predicted molar refractivity (Wildman–Crippen MR) is 91.2 cm³/mol. The summed E-state index contributed by atoms with van der Waals surface area (Å²) in [5.41, 5.74) is -0.150. The highest BCUT2D eigenvalue weighted by molar-refractivity contribution is 5.92. The van der Waals surface area contributed by atoms with E-state index in [1.54, 1.807) is 15.6 Å². The summed E-state index contributed by atoms with van der Waals surface area (Å²) in [6.45, 7) is 3.86. The molecule has 0 spiro atoms. The summed E-state index contributed by atoms with van der Waals surface area (Å²) in [7, 11) is 0. The normalized spacial score (nSPS) is 17.5.